The lowest BCUT2D eigenvalue weighted by atomic mass is 9.94. The SMILES string of the molecule is CN1CCc2[nH]c(-c3ccnc(Cl)c3)c(-c3ccccc3)c2C1=O. The number of halogens is 1. The Hall–Kier alpha value is -2.59. The molecule has 5 heteroatoms. The van der Waals surface area contributed by atoms with Crippen LogP contribution in [-0.4, -0.2) is 34.4 Å². The summed E-state index contributed by atoms with van der Waals surface area (Å²) in [5, 5.41) is 0.433. The van der Waals surface area contributed by atoms with Gasteiger partial charge in [-0.25, -0.2) is 4.98 Å². The Morgan fingerprint density at radius 2 is 1.92 bits per heavy atom. The molecule has 1 aliphatic heterocycles. The minimum Gasteiger partial charge on any atom is -0.357 e. The van der Waals surface area contributed by atoms with E-state index in [4.69, 9.17) is 11.6 Å². The van der Waals surface area contributed by atoms with Crippen LogP contribution in [0.2, 0.25) is 5.15 Å². The number of likely N-dealkylation sites (N-methyl/N-ethyl adjacent to an activating group) is 1. The molecule has 0 saturated heterocycles. The predicted molar refractivity (Wildman–Crippen MR) is 95.1 cm³/mol. The molecule has 4 nitrogen and oxygen atoms in total. The van der Waals surface area contributed by atoms with Gasteiger partial charge in [-0.3, -0.25) is 4.79 Å². The minimum atomic E-state index is 0.0535. The Morgan fingerprint density at radius 3 is 2.67 bits per heavy atom. The first-order valence-electron chi connectivity index (χ1n) is 7.83. The van der Waals surface area contributed by atoms with Gasteiger partial charge < -0.3 is 9.88 Å². The first-order chi connectivity index (χ1) is 11.6. The van der Waals surface area contributed by atoms with Crippen molar-refractivity contribution in [3.05, 3.63) is 65.1 Å². The summed E-state index contributed by atoms with van der Waals surface area (Å²) < 4.78 is 0. The third-order valence-electron chi connectivity index (χ3n) is 4.41. The van der Waals surface area contributed by atoms with Crippen molar-refractivity contribution in [3.63, 3.8) is 0 Å². The summed E-state index contributed by atoms with van der Waals surface area (Å²) in [4.78, 5) is 22.1. The van der Waals surface area contributed by atoms with E-state index in [1.165, 1.54) is 0 Å². The summed E-state index contributed by atoms with van der Waals surface area (Å²) in [7, 11) is 1.84. The number of pyridine rings is 1. The maximum absolute atomic E-state index is 12.8. The highest BCUT2D eigenvalue weighted by Gasteiger charge is 2.30. The lowest BCUT2D eigenvalue weighted by molar-refractivity contribution is 0.0781. The average Bonchev–Trinajstić information content (AvgIpc) is 2.99. The molecule has 1 aliphatic rings. The highest BCUT2D eigenvalue weighted by Crippen LogP contribution is 2.39. The van der Waals surface area contributed by atoms with Gasteiger partial charge in [0.25, 0.3) is 5.91 Å². The molecule has 0 fully saturated rings. The van der Waals surface area contributed by atoms with Gasteiger partial charge in [-0.15, -0.1) is 0 Å². The smallest absolute Gasteiger partial charge is 0.256 e. The van der Waals surface area contributed by atoms with Crippen molar-refractivity contribution in [2.24, 2.45) is 0 Å². The summed E-state index contributed by atoms with van der Waals surface area (Å²) in [5.74, 6) is 0.0535. The molecule has 0 unspecified atom stereocenters. The van der Waals surface area contributed by atoms with Gasteiger partial charge >= 0.3 is 0 Å². The van der Waals surface area contributed by atoms with Gasteiger partial charge in [0.1, 0.15) is 5.15 Å². The summed E-state index contributed by atoms with van der Waals surface area (Å²) in [6.45, 7) is 0.719. The van der Waals surface area contributed by atoms with Crippen LogP contribution in [-0.2, 0) is 6.42 Å². The maximum atomic E-state index is 12.8. The monoisotopic (exact) mass is 337 g/mol. The van der Waals surface area contributed by atoms with Gasteiger partial charge in [0, 0.05) is 43.0 Å². The molecule has 1 N–H and O–H groups in total. The third kappa shape index (κ3) is 2.39. The number of hydrogen-bond donors (Lipinski definition) is 1. The molecule has 0 spiro atoms. The van der Waals surface area contributed by atoms with Gasteiger partial charge in [0.05, 0.1) is 11.3 Å². The van der Waals surface area contributed by atoms with Crippen LogP contribution in [0, 0.1) is 0 Å². The van der Waals surface area contributed by atoms with E-state index in [-0.39, 0.29) is 5.91 Å². The number of amides is 1. The summed E-state index contributed by atoms with van der Waals surface area (Å²) in [6, 6.07) is 13.7. The molecule has 4 rings (SSSR count). The second kappa shape index (κ2) is 5.80. The molecule has 3 heterocycles. The normalized spacial score (nSPS) is 13.9. The second-order valence-corrected chi connectivity index (χ2v) is 6.33. The minimum absolute atomic E-state index is 0.0535. The highest BCUT2D eigenvalue weighted by molar-refractivity contribution is 6.29. The zero-order valence-electron chi connectivity index (χ0n) is 13.2. The van der Waals surface area contributed by atoms with Crippen molar-refractivity contribution in [2.75, 3.05) is 13.6 Å². The zero-order valence-corrected chi connectivity index (χ0v) is 14.0. The van der Waals surface area contributed by atoms with Gasteiger partial charge in [0.15, 0.2) is 0 Å². The number of carbonyl (C=O) groups is 1. The number of benzene rings is 1. The standard InChI is InChI=1S/C19H16ClN3O/c1-23-10-8-14-17(19(23)24)16(12-5-3-2-4-6-12)18(22-14)13-7-9-21-15(20)11-13/h2-7,9,11,22H,8,10H2,1H3. The van der Waals surface area contributed by atoms with E-state index in [1.54, 1.807) is 11.1 Å². The number of rotatable bonds is 2. The summed E-state index contributed by atoms with van der Waals surface area (Å²) in [5.41, 5.74) is 5.54. The second-order valence-electron chi connectivity index (χ2n) is 5.94. The molecule has 0 radical (unpaired) electrons. The molecule has 120 valence electrons. The molecular weight excluding hydrogens is 322 g/mol. The third-order valence-corrected chi connectivity index (χ3v) is 4.62. The van der Waals surface area contributed by atoms with E-state index in [0.29, 0.717) is 5.15 Å². The summed E-state index contributed by atoms with van der Waals surface area (Å²) >= 11 is 6.07. The largest absolute Gasteiger partial charge is 0.357 e. The van der Waals surface area contributed by atoms with E-state index in [9.17, 15) is 4.79 Å². The summed E-state index contributed by atoms with van der Waals surface area (Å²) in [6.07, 6.45) is 2.50. The van der Waals surface area contributed by atoms with Crippen LogP contribution in [0.5, 0.6) is 0 Å². The van der Waals surface area contributed by atoms with Crippen LogP contribution in [0.15, 0.2) is 48.7 Å². The van der Waals surface area contributed by atoms with Crippen LogP contribution >= 0.6 is 11.6 Å². The highest BCUT2D eigenvalue weighted by atomic mass is 35.5. The van der Waals surface area contributed by atoms with E-state index < -0.39 is 0 Å². The molecule has 2 aromatic heterocycles. The fraction of sp³-hybridized carbons (Fsp3) is 0.158. The van der Waals surface area contributed by atoms with Gasteiger partial charge in [-0.05, 0) is 17.7 Å². The number of fused-ring (bicyclic) bond motifs is 1. The Bertz CT molecular complexity index is 918. The fourth-order valence-corrected chi connectivity index (χ4v) is 3.39. The first-order valence-corrected chi connectivity index (χ1v) is 8.20. The molecule has 0 saturated carbocycles. The molecule has 1 amide bonds. The fourth-order valence-electron chi connectivity index (χ4n) is 3.22. The quantitative estimate of drug-likeness (QED) is 0.718. The Kier molecular flexibility index (Phi) is 3.62. The molecule has 3 aromatic rings. The van der Waals surface area contributed by atoms with Gasteiger partial charge in [-0.1, -0.05) is 41.9 Å². The number of H-pyrrole nitrogens is 1. The van der Waals surface area contributed by atoms with Crippen LogP contribution in [0.1, 0.15) is 16.1 Å². The molecular formula is C19H16ClN3O. The van der Waals surface area contributed by atoms with Crippen LogP contribution in [0.3, 0.4) is 0 Å². The van der Waals surface area contributed by atoms with Gasteiger partial charge in [-0.2, -0.15) is 0 Å². The van der Waals surface area contributed by atoms with Crippen molar-refractivity contribution in [2.45, 2.75) is 6.42 Å². The molecule has 24 heavy (non-hydrogen) atoms. The van der Waals surface area contributed by atoms with Crippen molar-refractivity contribution < 1.29 is 4.79 Å². The lowest BCUT2D eigenvalue weighted by Gasteiger charge is -2.23. The number of aromatic nitrogens is 2. The van der Waals surface area contributed by atoms with E-state index >= 15 is 0 Å². The Balaban J connectivity index is 2.01. The van der Waals surface area contributed by atoms with Crippen molar-refractivity contribution in [1.29, 1.82) is 0 Å². The van der Waals surface area contributed by atoms with Crippen molar-refractivity contribution in [1.82, 2.24) is 14.9 Å². The first kappa shape index (κ1) is 15.0. The predicted octanol–water partition coefficient (Wildman–Crippen LogP) is 4.03. The molecule has 0 aliphatic carbocycles. The average molecular weight is 338 g/mol. The van der Waals surface area contributed by atoms with Crippen molar-refractivity contribution >= 4 is 17.5 Å². The van der Waals surface area contributed by atoms with Crippen LogP contribution in [0.4, 0.5) is 0 Å². The number of aromatic amines is 1. The zero-order chi connectivity index (χ0) is 16.7. The number of hydrogen-bond acceptors (Lipinski definition) is 2. The van der Waals surface area contributed by atoms with Gasteiger partial charge in [0.2, 0.25) is 0 Å². The Morgan fingerprint density at radius 1 is 1.12 bits per heavy atom. The lowest BCUT2D eigenvalue weighted by Crippen LogP contribution is -2.34. The van der Waals surface area contributed by atoms with Crippen molar-refractivity contribution in [3.8, 4) is 22.4 Å². The van der Waals surface area contributed by atoms with E-state index in [2.05, 4.69) is 9.97 Å². The molecule has 0 atom stereocenters. The molecule has 1 aromatic carbocycles. The Labute approximate surface area is 145 Å². The number of nitrogens with one attached hydrogen (secondary N) is 1. The molecule has 0 bridgehead atoms. The topological polar surface area (TPSA) is 49.0 Å². The van der Waals surface area contributed by atoms with E-state index in [1.807, 2.05) is 49.5 Å². The van der Waals surface area contributed by atoms with Crippen LogP contribution in [0.25, 0.3) is 22.4 Å². The maximum Gasteiger partial charge on any atom is 0.256 e. The van der Waals surface area contributed by atoms with Crippen LogP contribution < -0.4 is 0 Å². The number of carbonyl (C=O) groups excluding carboxylic acids is 1. The van der Waals surface area contributed by atoms with E-state index in [0.717, 1.165) is 46.6 Å². The number of nitrogens with zero attached hydrogens (tertiary/aromatic N) is 2.